The molecule has 1 aliphatic rings. The van der Waals surface area contributed by atoms with E-state index in [4.69, 9.17) is 27.1 Å². The molecule has 1 heterocycles. The van der Waals surface area contributed by atoms with Gasteiger partial charge < -0.3 is 24.4 Å². The van der Waals surface area contributed by atoms with Crippen molar-refractivity contribution >= 4 is 21.2 Å². The predicted molar refractivity (Wildman–Crippen MR) is 62.0 cm³/mol. The van der Waals surface area contributed by atoms with Crippen molar-refractivity contribution in [3.63, 3.8) is 0 Å². The molecule has 18 heavy (non-hydrogen) atoms. The van der Waals surface area contributed by atoms with E-state index in [1.807, 2.05) is 0 Å². The van der Waals surface area contributed by atoms with E-state index in [1.165, 1.54) is 6.92 Å². The molecule has 0 aromatic heterocycles. The molecule has 0 aromatic rings. The van der Waals surface area contributed by atoms with Crippen molar-refractivity contribution in [1.82, 2.24) is 0 Å². The van der Waals surface area contributed by atoms with Gasteiger partial charge in [0, 0.05) is 11.8 Å². The van der Waals surface area contributed by atoms with Crippen LogP contribution in [0.15, 0.2) is 11.9 Å². The Morgan fingerprint density at radius 2 is 2.17 bits per heavy atom. The van der Waals surface area contributed by atoms with Crippen LogP contribution >= 0.6 is 7.60 Å². The number of carbonyl (C=O) groups is 1. The Balaban J connectivity index is 2.63. The quantitative estimate of drug-likeness (QED) is 0.431. The van der Waals surface area contributed by atoms with Crippen molar-refractivity contribution in [3.05, 3.63) is 11.9 Å². The van der Waals surface area contributed by atoms with Crippen LogP contribution in [-0.4, -0.2) is 59.4 Å². The van der Waals surface area contributed by atoms with Crippen molar-refractivity contribution in [2.24, 2.45) is 0 Å². The molecule has 0 bridgehead atoms. The van der Waals surface area contributed by atoms with Crippen LogP contribution in [0.3, 0.4) is 0 Å². The maximum Gasteiger partial charge on any atom is 0.348 e. The Labute approximate surface area is 105 Å². The standard InChI is InChI=1S/C9H14BO7P/c1-5(11)4-16-8-7(12)6(17-9(8)10)2-3-18(13,14)15/h2-3,6-9,12H,4H2,1H3,(H2,13,14,15)/b3-2+/t6-,7?,8+,9-/m1/s1. The van der Waals surface area contributed by atoms with Gasteiger partial charge in [-0.1, -0.05) is 0 Å². The first-order valence-electron chi connectivity index (χ1n) is 5.15. The van der Waals surface area contributed by atoms with E-state index >= 15 is 0 Å². The number of rotatable bonds is 5. The summed E-state index contributed by atoms with van der Waals surface area (Å²) in [4.78, 5) is 28.1. The highest BCUT2D eigenvalue weighted by molar-refractivity contribution is 7.55. The van der Waals surface area contributed by atoms with Gasteiger partial charge in [0.05, 0.1) is 0 Å². The topological polar surface area (TPSA) is 113 Å². The molecule has 3 N–H and O–H groups in total. The molecule has 1 fully saturated rings. The molecule has 0 aromatic carbocycles. The van der Waals surface area contributed by atoms with Crippen molar-refractivity contribution in [1.29, 1.82) is 0 Å². The Kier molecular flexibility index (Phi) is 5.27. The van der Waals surface area contributed by atoms with Gasteiger partial charge in [0.15, 0.2) is 5.78 Å². The van der Waals surface area contributed by atoms with E-state index in [0.717, 1.165) is 6.08 Å². The molecular weight excluding hydrogens is 262 g/mol. The zero-order chi connectivity index (χ0) is 13.9. The van der Waals surface area contributed by atoms with E-state index in [0.29, 0.717) is 5.82 Å². The lowest BCUT2D eigenvalue weighted by Gasteiger charge is -2.17. The summed E-state index contributed by atoms with van der Waals surface area (Å²) < 4.78 is 20.8. The number of hydrogen-bond acceptors (Lipinski definition) is 5. The molecule has 1 aliphatic heterocycles. The fourth-order valence-corrected chi connectivity index (χ4v) is 1.88. The minimum Gasteiger partial charge on any atom is -0.387 e. The molecule has 0 saturated carbocycles. The van der Waals surface area contributed by atoms with E-state index < -0.39 is 31.9 Å². The Morgan fingerprint density at radius 1 is 1.56 bits per heavy atom. The highest BCUT2D eigenvalue weighted by Crippen LogP contribution is 2.37. The summed E-state index contributed by atoms with van der Waals surface area (Å²) in [5.74, 6) is 0.393. The molecule has 1 saturated heterocycles. The third kappa shape index (κ3) is 4.64. The highest BCUT2D eigenvalue weighted by Gasteiger charge is 2.40. The third-order valence-corrected chi connectivity index (χ3v) is 2.82. The number of aliphatic hydroxyl groups is 1. The summed E-state index contributed by atoms with van der Waals surface area (Å²) in [6.07, 6.45) is -2.06. The van der Waals surface area contributed by atoms with Crippen molar-refractivity contribution in [2.45, 2.75) is 31.2 Å². The molecule has 1 unspecified atom stereocenters. The van der Waals surface area contributed by atoms with Crippen LogP contribution in [0.25, 0.3) is 0 Å². The van der Waals surface area contributed by atoms with E-state index in [2.05, 4.69) is 0 Å². The van der Waals surface area contributed by atoms with Crippen LogP contribution in [-0.2, 0) is 18.8 Å². The van der Waals surface area contributed by atoms with E-state index in [-0.39, 0.29) is 12.4 Å². The molecule has 0 spiro atoms. The lowest BCUT2D eigenvalue weighted by molar-refractivity contribution is -0.125. The van der Waals surface area contributed by atoms with Gasteiger partial charge in [0.1, 0.15) is 32.8 Å². The van der Waals surface area contributed by atoms with Gasteiger partial charge in [-0.25, -0.2) is 0 Å². The first-order chi connectivity index (χ1) is 8.20. The molecule has 100 valence electrons. The smallest absolute Gasteiger partial charge is 0.348 e. The van der Waals surface area contributed by atoms with E-state index in [9.17, 15) is 14.5 Å². The zero-order valence-electron chi connectivity index (χ0n) is 9.67. The van der Waals surface area contributed by atoms with Gasteiger partial charge in [-0.3, -0.25) is 9.36 Å². The lowest BCUT2D eigenvalue weighted by atomic mass is 9.93. The van der Waals surface area contributed by atoms with Gasteiger partial charge in [-0.05, 0) is 13.0 Å². The maximum absolute atomic E-state index is 10.7. The maximum atomic E-state index is 10.7. The fraction of sp³-hybridized carbons (Fsp3) is 0.667. The molecule has 9 heteroatoms. The first-order valence-corrected chi connectivity index (χ1v) is 6.83. The first kappa shape index (κ1) is 15.6. The van der Waals surface area contributed by atoms with Crippen molar-refractivity contribution in [3.8, 4) is 0 Å². The number of ether oxygens (including phenoxy) is 2. The Morgan fingerprint density at radius 3 is 2.67 bits per heavy atom. The highest BCUT2D eigenvalue weighted by atomic mass is 31.2. The summed E-state index contributed by atoms with van der Waals surface area (Å²) in [5.41, 5.74) is 0. The van der Waals surface area contributed by atoms with Crippen LogP contribution < -0.4 is 0 Å². The molecule has 4 atom stereocenters. The van der Waals surface area contributed by atoms with Crippen molar-refractivity contribution in [2.75, 3.05) is 6.61 Å². The predicted octanol–water partition coefficient (Wildman–Crippen LogP) is -1.09. The molecule has 0 amide bonds. The largest absolute Gasteiger partial charge is 0.387 e. The number of aliphatic hydroxyl groups excluding tert-OH is 1. The van der Waals surface area contributed by atoms with Gasteiger partial charge in [0.25, 0.3) is 0 Å². The second-order valence-corrected chi connectivity index (χ2v) is 5.44. The summed E-state index contributed by atoms with van der Waals surface area (Å²) in [6.45, 7) is 1.10. The SMILES string of the molecule is [B][C@@H]1O[C@H](/C=C/P(=O)(O)O)C(O)[C@@H]1OCC(C)=O. The average molecular weight is 276 g/mol. The third-order valence-electron chi connectivity index (χ3n) is 2.26. The summed E-state index contributed by atoms with van der Waals surface area (Å²) in [5, 5.41) is 9.78. The second kappa shape index (κ2) is 6.10. The lowest BCUT2D eigenvalue weighted by Crippen LogP contribution is -2.36. The van der Waals surface area contributed by atoms with Crippen LogP contribution in [0, 0.1) is 0 Å². The van der Waals surface area contributed by atoms with Gasteiger partial charge in [-0.15, -0.1) is 0 Å². The molecule has 0 aliphatic carbocycles. The van der Waals surface area contributed by atoms with Gasteiger partial charge >= 0.3 is 7.60 Å². The minimum absolute atomic E-state index is 0.215. The number of ketones is 1. The van der Waals surface area contributed by atoms with E-state index in [1.54, 1.807) is 0 Å². The van der Waals surface area contributed by atoms with Crippen LogP contribution in [0.2, 0.25) is 0 Å². The Bertz CT molecular complexity index is 379. The molecule has 1 rings (SSSR count). The molecular formula is C9H14BO7P. The second-order valence-electron chi connectivity index (χ2n) is 3.96. The Hall–Kier alpha value is -0.495. The summed E-state index contributed by atoms with van der Waals surface area (Å²) in [7, 11) is 1.22. The molecule has 2 radical (unpaired) electrons. The number of Topliss-reactive ketones (excluding diaryl/α,β-unsaturated/α-hetero) is 1. The number of carbonyl (C=O) groups excluding carboxylic acids is 1. The van der Waals surface area contributed by atoms with Crippen molar-refractivity contribution < 1.29 is 33.7 Å². The van der Waals surface area contributed by atoms with Gasteiger partial charge in [0.2, 0.25) is 0 Å². The monoisotopic (exact) mass is 276 g/mol. The van der Waals surface area contributed by atoms with Crippen LogP contribution in [0.5, 0.6) is 0 Å². The fourth-order valence-electron chi connectivity index (χ4n) is 1.48. The summed E-state index contributed by atoms with van der Waals surface area (Å²) >= 11 is 0. The molecule has 7 nitrogen and oxygen atoms in total. The van der Waals surface area contributed by atoms with Crippen LogP contribution in [0.4, 0.5) is 0 Å². The normalized spacial score (nSPS) is 33.1. The van der Waals surface area contributed by atoms with Gasteiger partial charge in [-0.2, -0.15) is 0 Å². The summed E-state index contributed by atoms with van der Waals surface area (Å²) in [6, 6.07) is -0.967. The number of hydrogen-bond donors (Lipinski definition) is 3. The van der Waals surface area contributed by atoms with Crippen LogP contribution in [0.1, 0.15) is 6.92 Å². The minimum atomic E-state index is -4.32. The zero-order valence-corrected chi connectivity index (χ0v) is 10.6. The average Bonchev–Trinajstić information content (AvgIpc) is 2.47.